The quantitative estimate of drug-likeness (QED) is 0.685. The predicted octanol–water partition coefficient (Wildman–Crippen LogP) is 1.73. The number of tetrazole rings is 1. The topological polar surface area (TPSA) is 119 Å². The van der Waals surface area contributed by atoms with Crippen LogP contribution in [0.15, 0.2) is 42.7 Å². The summed E-state index contributed by atoms with van der Waals surface area (Å²) in [5, 5.41) is 13.2. The lowest BCUT2D eigenvalue weighted by molar-refractivity contribution is 0.102. The molecular formula is C16H15FN6O3S. The number of sulfonamides is 1. The number of hydrogen-bond donors (Lipinski definition) is 2. The zero-order valence-corrected chi connectivity index (χ0v) is 15.2. The largest absolute Gasteiger partial charge is 0.319 e. The molecule has 0 fully saturated rings. The maximum absolute atomic E-state index is 14.1. The lowest BCUT2D eigenvalue weighted by Gasteiger charge is -2.11. The lowest BCUT2D eigenvalue weighted by atomic mass is 10.1. The van der Waals surface area contributed by atoms with Crippen LogP contribution in [-0.2, 0) is 10.0 Å². The highest BCUT2D eigenvalue weighted by Crippen LogP contribution is 2.22. The number of nitrogens with one attached hydrogen (secondary N) is 2. The van der Waals surface area contributed by atoms with Gasteiger partial charge in [-0.2, -0.15) is 0 Å². The van der Waals surface area contributed by atoms with Crippen LogP contribution >= 0.6 is 0 Å². The molecule has 27 heavy (non-hydrogen) atoms. The smallest absolute Gasteiger partial charge is 0.255 e. The molecule has 0 bridgehead atoms. The average Bonchev–Trinajstić information content (AvgIpc) is 3.12. The lowest BCUT2D eigenvalue weighted by Crippen LogP contribution is -2.15. The van der Waals surface area contributed by atoms with Gasteiger partial charge in [0.15, 0.2) is 0 Å². The summed E-state index contributed by atoms with van der Waals surface area (Å²) in [6, 6.07) is 8.51. The monoisotopic (exact) mass is 390 g/mol. The van der Waals surface area contributed by atoms with E-state index in [0.717, 1.165) is 6.26 Å². The molecule has 1 aromatic heterocycles. The van der Waals surface area contributed by atoms with Crippen molar-refractivity contribution in [2.45, 2.75) is 6.92 Å². The number of carbonyl (C=O) groups excluding carboxylic acids is 1. The molecule has 3 aromatic rings. The van der Waals surface area contributed by atoms with Crippen LogP contribution in [0.3, 0.4) is 0 Å². The minimum absolute atomic E-state index is 0.0637. The third kappa shape index (κ3) is 4.44. The normalized spacial score (nSPS) is 11.2. The first kappa shape index (κ1) is 18.5. The first-order chi connectivity index (χ1) is 12.7. The van der Waals surface area contributed by atoms with E-state index in [9.17, 15) is 17.6 Å². The van der Waals surface area contributed by atoms with Crippen LogP contribution in [0.4, 0.5) is 15.8 Å². The van der Waals surface area contributed by atoms with Crippen molar-refractivity contribution >= 4 is 27.3 Å². The fraction of sp³-hybridized carbons (Fsp3) is 0.125. The van der Waals surface area contributed by atoms with Gasteiger partial charge in [-0.1, -0.05) is 6.07 Å². The second-order valence-corrected chi connectivity index (χ2v) is 7.53. The second kappa shape index (κ2) is 7.11. The van der Waals surface area contributed by atoms with E-state index in [4.69, 9.17) is 0 Å². The van der Waals surface area contributed by atoms with Crippen molar-refractivity contribution in [3.8, 4) is 5.69 Å². The Balaban J connectivity index is 1.88. The van der Waals surface area contributed by atoms with Crippen LogP contribution < -0.4 is 10.0 Å². The summed E-state index contributed by atoms with van der Waals surface area (Å²) in [7, 11) is -3.50. The fourth-order valence-corrected chi connectivity index (χ4v) is 2.92. The second-order valence-electron chi connectivity index (χ2n) is 5.78. The molecule has 1 heterocycles. The Hall–Kier alpha value is -3.34. The molecule has 140 valence electrons. The van der Waals surface area contributed by atoms with Gasteiger partial charge in [0.25, 0.3) is 5.91 Å². The van der Waals surface area contributed by atoms with Crippen molar-refractivity contribution in [3.63, 3.8) is 0 Å². The number of benzene rings is 2. The van der Waals surface area contributed by atoms with Crippen LogP contribution in [0, 0.1) is 12.7 Å². The molecule has 0 unspecified atom stereocenters. The molecule has 2 N–H and O–H groups in total. The summed E-state index contributed by atoms with van der Waals surface area (Å²) in [6.45, 7) is 1.70. The molecule has 9 nitrogen and oxygen atoms in total. The van der Waals surface area contributed by atoms with Crippen molar-refractivity contribution in [1.82, 2.24) is 20.2 Å². The number of nitrogens with zero attached hydrogens (tertiary/aromatic N) is 4. The van der Waals surface area contributed by atoms with Gasteiger partial charge in [-0.05, 0) is 53.2 Å². The number of amides is 1. The maximum Gasteiger partial charge on any atom is 0.255 e. The molecule has 1 amide bonds. The van der Waals surface area contributed by atoms with Crippen molar-refractivity contribution in [2.24, 2.45) is 0 Å². The van der Waals surface area contributed by atoms with E-state index in [1.54, 1.807) is 13.0 Å². The molecule has 2 aromatic carbocycles. The minimum Gasteiger partial charge on any atom is -0.319 e. The number of rotatable bonds is 5. The summed E-state index contributed by atoms with van der Waals surface area (Å²) in [5.41, 5.74) is 1.47. The van der Waals surface area contributed by atoms with Gasteiger partial charge >= 0.3 is 0 Å². The van der Waals surface area contributed by atoms with Crippen LogP contribution in [-0.4, -0.2) is 40.8 Å². The molecule has 0 saturated heterocycles. The average molecular weight is 390 g/mol. The Morgan fingerprint density at radius 3 is 2.59 bits per heavy atom. The summed E-state index contributed by atoms with van der Waals surface area (Å²) >= 11 is 0. The van der Waals surface area contributed by atoms with E-state index in [0.29, 0.717) is 11.3 Å². The van der Waals surface area contributed by atoms with Crippen LogP contribution in [0.1, 0.15) is 15.9 Å². The van der Waals surface area contributed by atoms with E-state index in [1.165, 1.54) is 41.3 Å². The first-order valence-corrected chi connectivity index (χ1v) is 9.55. The minimum atomic E-state index is -3.50. The van der Waals surface area contributed by atoms with E-state index >= 15 is 0 Å². The van der Waals surface area contributed by atoms with E-state index < -0.39 is 21.7 Å². The molecular weight excluding hydrogens is 375 g/mol. The van der Waals surface area contributed by atoms with Gasteiger partial charge in [0, 0.05) is 5.56 Å². The van der Waals surface area contributed by atoms with Gasteiger partial charge in [0.05, 0.1) is 23.3 Å². The van der Waals surface area contributed by atoms with Gasteiger partial charge in [-0.15, -0.1) is 5.10 Å². The molecule has 0 aliphatic heterocycles. The standard InChI is InChI=1S/C16H15FN6O3S/c1-10-3-4-11(7-14(10)20-27(2,25)26)16(24)19-15-8-12(5-6-13(15)17)23-9-18-21-22-23/h3-9,20H,1-2H3,(H,19,24). The molecule has 0 spiro atoms. The third-order valence-electron chi connectivity index (χ3n) is 3.61. The van der Waals surface area contributed by atoms with E-state index in [-0.39, 0.29) is 16.9 Å². The summed E-state index contributed by atoms with van der Waals surface area (Å²) in [5.74, 6) is -1.24. The van der Waals surface area contributed by atoms with Gasteiger partial charge in [-0.3, -0.25) is 9.52 Å². The highest BCUT2D eigenvalue weighted by atomic mass is 32.2. The molecule has 0 atom stereocenters. The number of hydrogen-bond acceptors (Lipinski definition) is 6. The summed E-state index contributed by atoms with van der Waals surface area (Å²) in [6.07, 6.45) is 2.35. The zero-order valence-electron chi connectivity index (χ0n) is 14.3. The van der Waals surface area contributed by atoms with Gasteiger partial charge in [0.1, 0.15) is 12.1 Å². The van der Waals surface area contributed by atoms with Gasteiger partial charge in [0.2, 0.25) is 10.0 Å². The summed E-state index contributed by atoms with van der Waals surface area (Å²) in [4.78, 5) is 12.5. The Bertz CT molecular complexity index is 1100. The molecule has 0 saturated carbocycles. The van der Waals surface area contributed by atoms with E-state index in [1.807, 2.05) is 0 Å². The maximum atomic E-state index is 14.1. The number of carbonyl (C=O) groups is 1. The van der Waals surface area contributed by atoms with Gasteiger partial charge in [-0.25, -0.2) is 17.5 Å². The van der Waals surface area contributed by atoms with Crippen molar-refractivity contribution in [2.75, 3.05) is 16.3 Å². The van der Waals surface area contributed by atoms with Crippen molar-refractivity contribution < 1.29 is 17.6 Å². The number of aromatic nitrogens is 4. The number of aryl methyl sites for hydroxylation is 1. The molecule has 0 aliphatic carbocycles. The Morgan fingerprint density at radius 2 is 1.93 bits per heavy atom. The molecule has 0 aliphatic rings. The van der Waals surface area contributed by atoms with Crippen molar-refractivity contribution in [1.29, 1.82) is 0 Å². The van der Waals surface area contributed by atoms with Crippen LogP contribution in [0.2, 0.25) is 0 Å². The predicted molar refractivity (Wildman–Crippen MR) is 96.7 cm³/mol. The molecule has 0 radical (unpaired) electrons. The fourth-order valence-electron chi connectivity index (χ4n) is 2.30. The van der Waals surface area contributed by atoms with Crippen LogP contribution in [0.25, 0.3) is 5.69 Å². The van der Waals surface area contributed by atoms with Crippen LogP contribution in [0.5, 0.6) is 0 Å². The van der Waals surface area contributed by atoms with E-state index in [2.05, 4.69) is 25.6 Å². The summed E-state index contributed by atoms with van der Waals surface area (Å²) < 4.78 is 40.6. The Labute approximate surface area is 154 Å². The Morgan fingerprint density at radius 1 is 1.15 bits per heavy atom. The van der Waals surface area contributed by atoms with Gasteiger partial charge < -0.3 is 5.32 Å². The Kier molecular flexibility index (Phi) is 4.86. The number of anilines is 2. The number of halogens is 1. The first-order valence-electron chi connectivity index (χ1n) is 7.65. The molecule has 11 heteroatoms. The third-order valence-corrected chi connectivity index (χ3v) is 4.20. The highest BCUT2D eigenvalue weighted by Gasteiger charge is 2.14. The molecule has 3 rings (SSSR count). The van der Waals surface area contributed by atoms with Crippen molar-refractivity contribution in [3.05, 3.63) is 59.7 Å². The highest BCUT2D eigenvalue weighted by molar-refractivity contribution is 7.92. The zero-order chi connectivity index (χ0) is 19.6. The SMILES string of the molecule is Cc1ccc(C(=O)Nc2cc(-n3cnnn3)ccc2F)cc1NS(C)(=O)=O.